The number of rotatable bonds is 3. The fraction of sp³-hybridized carbons (Fsp3) is 0.125. The third-order valence-electron chi connectivity index (χ3n) is 2.98. The summed E-state index contributed by atoms with van der Waals surface area (Å²) in [6.45, 7) is 11.5. The molecule has 0 fully saturated rings. The molecule has 1 aliphatic heterocycles. The lowest BCUT2D eigenvalue weighted by Gasteiger charge is -2.28. The molecule has 1 aliphatic rings. The van der Waals surface area contributed by atoms with Crippen LogP contribution in [0.5, 0.6) is 5.75 Å². The molecule has 0 radical (unpaired) electrons. The molecule has 1 heterocycles. The van der Waals surface area contributed by atoms with Crippen LogP contribution in [0.3, 0.4) is 0 Å². The van der Waals surface area contributed by atoms with E-state index in [1.165, 1.54) is 0 Å². The summed E-state index contributed by atoms with van der Waals surface area (Å²) in [6.07, 6.45) is 3.94. The van der Waals surface area contributed by atoms with Gasteiger partial charge in [0.2, 0.25) is 0 Å². The Morgan fingerprint density at radius 1 is 1.28 bits per heavy atom. The number of hydrogen-bond acceptors (Lipinski definition) is 2. The lowest BCUT2D eigenvalue weighted by Crippen LogP contribution is -2.12. The number of benzene rings is 1. The zero-order valence-corrected chi connectivity index (χ0v) is 10.2. The van der Waals surface area contributed by atoms with Crippen molar-refractivity contribution in [2.45, 2.75) is 12.5 Å². The number of allylic oxidation sites excluding steroid dienone is 3. The van der Waals surface area contributed by atoms with Gasteiger partial charge in [0.1, 0.15) is 17.6 Å². The zero-order valence-electron chi connectivity index (χ0n) is 10.2. The molecule has 2 rings (SSSR count). The van der Waals surface area contributed by atoms with Crippen LogP contribution in [0.2, 0.25) is 0 Å². The highest BCUT2D eigenvalue weighted by Crippen LogP contribution is 2.37. The van der Waals surface area contributed by atoms with Crippen LogP contribution in [0.1, 0.15) is 18.1 Å². The van der Waals surface area contributed by atoms with E-state index in [-0.39, 0.29) is 11.9 Å². The van der Waals surface area contributed by atoms with Crippen molar-refractivity contribution in [2.24, 2.45) is 0 Å². The Morgan fingerprint density at radius 2 is 2.06 bits per heavy atom. The van der Waals surface area contributed by atoms with Gasteiger partial charge in [0.05, 0.1) is 0 Å². The molecule has 0 saturated heterocycles. The van der Waals surface area contributed by atoms with E-state index in [4.69, 9.17) is 4.74 Å². The van der Waals surface area contributed by atoms with Gasteiger partial charge in [0.25, 0.3) is 0 Å². The highest BCUT2D eigenvalue weighted by molar-refractivity contribution is 5.46. The molecule has 1 aromatic carbocycles. The van der Waals surface area contributed by atoms with E-state index in [9.17, 15) is 5.11 Å². The molecule has 0 bridgehead atoms. The van der Waals surface area contributed by atoms with Crippen LogP contribution < -0.4 is 0 Å². The maximum Gasteiger partial charge on any atom is 0.128 e. The molecule has 1 atom stereocenters. The third kappa shape index (κ3) is 2.23. The molecule has 92 valence electrons. The van der Waals surface area contributed by atoms with Gasteiger partial charge in [-0.25, -0.2) is 0 Å². The van der Waals surface area contributed by atoms with Crippen molar-refractivity contribution in [3.8, 4) is 5.75 Å². The summed E-state index contributed by atoms with van der Waals surface area (Å²) in [5.74, 6) is 0.926. The maximum atomic E-state index is 9.50. The topological polar surface area (TPSA) is 29.5 Å². The summed E-state index contributed by atoms with van der Waals surface area (Å²) in [5.41, 5.74) is 2.81. The number of phenolic OH excluding ortho intramolecular Hbond substituents is 1. The average molecular weight is 240 g/mol. The quantitative estimate of drug-likeness (QED) is 0.864. The fourth-order valence-electron chi connectivity index (χ4n) is 2.08. The van der Waals surface area contributed by atoms with E-state index >= 15 is 0 Å². The second kappa shape index (κ2) is 4.96. The van der Waals surface area contributed by atoms with Crippen LogP contribution in [-0.2, 0) is 4.74 Å². The summed E-state index contributed by atoms with van der Waals surface area (Å²) in [6, 6.07) is 7.08. The smallest absolute Gasteiger partial charge is 0.128 e. The number of hydrogen-bond donors (Lipinski definition) is 1. The van der Waals surface area contributed by atoms with E-state index in [2.05, 4.69) is 19.7 Å². The normalized spacial score (nSPS) is 19.3. The summed E-state index contributed by atoms with van der Waals surface area (Å²) in [7, 11) is 0. The van der Waals surface area contributed by atoms with Crippen LogP contribution in [0.4, 0.5) is 0 Å². The van der Waals surface area contributed by atoms with Gasteiger partial charge in [-0.05, 0) is 29.3 Å². The van der Waals surface area contributed by atoms with E-state index < -0.39 is 0 Å². The number of phenols is 1. The van der Waals surface area contributed by atoms with E-state index in [0.29, 0.717) is 12.2 Å². The molecule has 0 amide bonds. The predicted octanol–water partition coefficient (Wildman–Crippen LogP) is 4.04. The molecule has 1 N–H and O–H groups in total. The predicted molar refractivity (Wildman–Crippen MR) is 73.1 cm³/mol. The molecule has 0 aromatic heterocycles. The van der Waals surface area contributed by atoms with E-state index in [1.807, 2.05) is 6.07 Å². The molecule has 1 aromatic rings. The molecule has 18 heavy (non-hydrogen) atoms. The summed E-state index contributed by atoms with van der Waals surface area (Å²) in [4.78, 5) is 0. The van der Waals surface area contributed by atoms with Crippen molar-refractivity contribution < 1.29 is 9.84 Å². The summed E-state index contributed by atoms with van der Waals surface area (Å²) in [5, 5.41) is 9.50. The first-order valence-electron chi connectivity index (χ1n) is 5.78. The van der Waals surface area contributed by atoms with Crippen LogP contribution in [0, 0.1) is 0 Å². The lowest BCUT2D eigenvalue weighted by atomic mass is 9.93. The lowest BCUT2D eigenvalue weighted by molar-refractivity contribution is 0.116. The minimum Gasteiger partial charge on any atom is -0.508 e. The number of ether oxygens (including phenoxy) is 1. The molecule has 0 spiro atoms. The van der Waals surface area contributed by atoms with Gasteiger partial charge in [0.15, 0.2) is 0 Å². The Kier molecular flexibility index (Phi) is 3.38. The summed E-state index contributed by atoms with van der Waals surface area (Å²) >= 11 is 0. The first-order chi connectivity index (χ1) is 8.65. The highest BCUT2D eigenvalue weighted by atomic mass is 16.5. The molecular weight excluding hydrogens is 224 g/mol. The maximum absolute atomic E-state index is 9.50. The van der Waals surface area contributed by atoms with E-state index in [1.54, 1.807) is 30.4 Å². The van der Waals surface area contributed by atoms with Gasteiger partial charge in [-0.2, -0.15) is 0 Å². The van der Waals surface area contributed by atoms with Crippen molar-refractivity contribution >= 4 is 0 Å². The minimum absolute atomic E-state index is 0.138. The van der Waals surface area contributed by atoms with Gasteiger partial charge in [-0.3, -0.25) is 0 Å². The highest BCUT2D eigenvalue weighted by Gasteiger charge is 2.23. The molecule has 1 unspecified atom stereocenters. The molecular formula is C16H16O2. The SMILES string of the molecule is C=CC1=C(C=C)C(=C)CC(c2cccc(O)c2)O1. The Morgan fingerprint density at radius 3 is 2.67 bits per heavy atom. The second-order valence-electron chi connectivity index (χ2n) is 4.20. The fourth-order valence-corrected chi connectivity index (χ4v) is 2.08. The molecule has 0 saturated carbocycles. The Hall–Kier alpha value is -2.22. The van der Waals surface area contributed by atoms with Crippen molar-refractivity contribution in [3.63, 3.8) is 0 Å². The van der Waals surface area contributed by atoms with Crippen molar-refractivity contribution in [1.29, 1.82) is 0 Å². The van der Waals surface area contributed by atoms with Crippen LogP contribution >= 0.6 is 0 Å². The molecule has 2 nitrogen and oxygen atoms in total. The largest absolute Gasteiger partial charge is 0.508 e. The molecule has 0 aliphatic carbocycles. The Labute approximate surface area is 107 Å². The first kappa shape index (κ1) is 12.2. The van der Waals surface area contributed by atoms with Gasteiger partial charge in [-0.15, -0.1) is 0 Å². The van der Waals surface area contributed by atoms with Crippen molar-refractivity contribution in [2.75, 3.05) is 0 Å². The van der Waals surface area contributed by atoms with Gasteiger partial charge in [-0.1, -0.05) is 37.9 Å². The summed E-state index contributed by atoms with van der Waals surface area (Å²) < 4.78 is 5.87. The van der Waals surface area contributed by atoms with Crippen molar-refractivity contribution in [1.82, 2.24) is 0 Å². The van der Waals surface area contributed by atoms with Crippen molar-refractivity contribution in [3.05, 3.63) is 78.6 Å². The Bertz CT molecular complexity index is 538. The van der Waals surface area contributed by atoms with Crippen LogP contribution in [-0.4, -0.2) is 5.11 Å². The standard InChI is InChI=1S/C16H16O2/c1-4-14-11(3)9-16(18-15(14)5-2)12-7-6-8-13(17)10-12/h4-8,10,16-17H,1-3,9H2. The average Bonchev–Trinajstić information content (AvgIpc) is 2.37. The van der Waals surface area contributed by atoms with E-state index in [0.717, 1.165) is 16.7 Å². The molecule has 2 heteroatoms. The second-order valence-corrected chi connectivity index (χ2v) is 4.20. The van der Waals surface area contributed by atoms with Gasteiger partial charge >= 0.3 is 0 Å². The monoisotopic (exact) mass is 240 g/mol. The van der Waals surface area contributed by atoms with Gasteiger partial charge < -0.3 is 9.84 Å². The number of aromatic hydroxyl groups is 1. The zero-order chi connectivity index (χ0) is 13.1. The first-order valence-corrected chi connectivity index (χ1v) is 5.78. The van der Waals surface area contributed by atoms with Crippen LogP contribution in [0.25, 0.3) is 0 Å². The minimum atomic E-state index is -0.138. The Balaban J connectivity index is 2.35. The van der Waals surface area contributed by atoms with Gasteiger partial charge in [0, 0.05) is 12.0 Å². The third-order valence-corrected chi connectivity index (χ3v) is 2.98. The van der Waals surface area contributed by atoms with Crippen LogP contribution in [0.15, 0.2) is 73.1 Å².